The van der Waals surface area contributed by atoms with E-state index in [1.807, 2.05) is 6.08 Å². The summed E-state index contributed by atoms with van der Waals surface area (Å²) in [7, 11) is 0. The molecule has 3 N–H and O–H groups in total. The fraction of sp³-hybridized carbons (Fsp3) is 0.925. The molecule has 2 atom stereocenters. The van der Waals surface area contributed by atoms with Crippen LogP contribution < -0.4 is 5.32 Å². The molecular weight excluding hydrogens is 1050 g/mol. The minimum Gasteiger partial charge on any atom is -0.466 e. The Morgan fingerprint density at radius 3 is 0.826 bits per heavy atom. The lowest BCUT2D eigenvalue weighted by Gasteiger charge is -2.20. The van der Waals surface area contributed by atoms with Crippen molar-refractivity contribution in [1.82, 2.24) is 5.32 Å². The number of hydrogen-bond donors (Lipinski definition) is 3. The molecular formula is C80H155NO5. The zero-order valence-corrected chi connectivity index (χ0v) is 58.6. The van der Waals surface area contributed by atoms with Crippen LogP contribution in [0, 0.1) is 0 Å². The minimum absolute atomic E-state index is 0.0140. The Kier molecular flexibility index (Phi) is 74.3. The molecule has 0 saturated heterocycles. The lowest BCUT2D eigenvalue weighted by Crippen LogP contribution is -2.45. The third-order valence-corrected chi connectivity index (χ3v) is 18.7. The second kappa shape index (κ2) is 75.8. The van der Waals surface area contributed by atoms with Crippen LogP contribution in [0.3, 0.4) is 0 Å². The zero-order chi connectivity index (χ0) is 62.0. The molecule has 0 aromatic heterocycles. The standard InChI is InChI=1S/C80H155NO5/c1-3-5-7-9-11-13-15-17-19-21-22-23-35-38-41-44-48-52-56-60-64-68-72-78(83)77(76-82)81-79(84)73-69-65-61-57-53-49-45-42-39-36-33-31-29-27-25-24-26-28-30-32-34-37-40-43-47-51-55-59-63-67-71-75-86-80(85)74-70-66-62-58-54-50-46-20-18-16-14-12-10-8-6-4-2/h20,46,68,72,77-78,82-83H,3-19,21-45,47-67,69-71,73-76H2,1-2H3,(H,81,84)/b46-20-,72-68+. The number of amides is 1. The van der Waals surface area contributed by atoms with Crippen molar-refractivity contribution in [1.29, 1.82) is 0 Å². The van der Waals surface area contributed by atoms with E-state index in [9.17, 15) is 19.8 Å². The van der Waals surface area contributed by atoms with E-state index in [2.05, 4.69) is 31.3 Å². The molecule has 0 aliphatic heterocycles. The Balaban J connectivity index is 3.35. The first-order chi connectivity index (χ1) is 42.5. The van der Waals surface area contributed by atoms with Crippen LogP contribution in [0.4, 0.5) is 0 Å². The lowest BCUT2D eigenvalue weighted by atomic mass is 10.0. The molecule has 0 heterocycles. The molecule has 6 nitrogen and oxygen atoms in total. The van der Waals surface area contributed by atoms with Crippen LogP contribution in [0.1, 0.15) is 450 Å². The van der Waals surface area contributed by atoms with Crippen molar-refractivity contribution in [2.24, 2.45) is 0 Å². The maximum Gasteiger partial charge on any atom is 0.305 e. The first kappa shape index (κ1) is 84.3. The summed E-state index contributed by atoms with van der Waals surface area (Å²) in [5.41, 5.74) is 0. The predicted molar refractivity (Wildman–Crippen MR) is 380 cm³/mol. The SMILES string of the molecule is CCCCCCCCC/C=C\CCCCCCCC(=O)OCCCCCCCCCCCCCCCCCCCCCCCCCCCCCCCCCC(=O)NC(CO)C(O)/C=C/CCCCCCCCCCCCCCCCCCCCCC. The van der Waals surface area contributed by atoms with Crippen LogP contribution in [0.5, 0.6) is 0 Å². The van der Waals surface area contributed by atoms with Gasteiger partial charge in [-0.1, -0.05) is 404 Å². The largest absolute Gasteiger partial charge is 0.466 e. The number of unbranched alkanes of at least 4 members (excludes halogenated alkanes) is 62. The smallest absolute Gasteiger partial charge is 0.305 e. The summed E-state index contributed by atoms with van der Waals surface area (Å²) in [5.74, 6) is -0.0448. The molecule has 0 saturated carbocycles. The summed E-state index contributed by atoms with van der Waals surface area (Å²) in [6, 6.07) is -0.626. The molecule has 0 aliphatic carbocycles. The quantitative estimate of drug-likeness (QED) is 0.0320. The van der Waals surface area contributed by atoms with Crippen LogP contribution in [0.2, 0.25) is 0 Å². The Labute approximate surface area is 539 Å². The van der Waals surface area contributed by atoms with Crippen molar-refractivity contribution < 1.29 is 24.5 Å². The van der Waals surface area contributed by atoms with Crippen LogP contribution in [-0.4, -0.2) is 47.4 Å². The molecule has 1 amide bonds. The van der Waals surface area contributed by atoms with Gasteiger partial charge in [0.25, 0.3) is 0 Å². The Morgan fingerprint density at radius 1 is 0.314 bits per heavy atom. The second-order valence-corrected chi connectivity index (χ2v) is 27.4. The number of esters is 1. The molecule has 2 unspecified atom stereocenters. The fourth-order valence-corrected chi connectivity index (χ4v) is 12.7. The van der Waals surface area contributed by atoms with Crippen molar-refractivity contribution in [3.8, 4) is 0 Å². The van der Waals surface area contributed by atoms with E-state index in [4.69, 9.17) is 4.74 Å². The van der Waals surface area contributed by atoms with Gasteiger partial charge in [-0.3, -0.25) is 9.59 Å². The highest BCUT2D eigenvalue weighted by molar-refractivity contribution is 5.76. The number of allylic oxidation sites excluding steroid dienone is 3. The lowest BCUT2D eigenvalue weighted by molar-refractivity contribution is -0.143. The molecule has 510 valence electrons. The number of aliphatic hydroxyl groups excluding tert-OH is 2. The summed E-state index contributed by atoms with van der Waals surface area (Å²) < 4.78 is 5.50. The summed E-state index contributed by atoms with van der Waals surface area (Å²) in [6.45, 7) is 4.95. The molecule has 0 spiro atoms. The van der Waals surface area contributed by atoms with Gasteiger partial charge < -0.3 is 20.3 Å². The fourth-order valence-electron chi connectivity index (χ4n) is 12.7. The van der Waals surface area contributed by atoms with E-state index in [1.165, 1.54) is 379 Å². The number of carbonyl (C=O) groups is 2. The average molecular weight is 1210 g/mol. The van der Waals surface area contributed by atoms with Crippen LogP contribution in [-0.2, 0) is 14.3 Å². The van der Waals surface area contributed by atoms with Gasteiger partial charge in [0.05, 0.1) is 25.4 Å². The van der Waals surface area contributed by atoms with Gasteiger partial charge in [-0.2, -0.15) is 0 Å². The molecule has 0 aliphatic rings. The van der Waals surface area contributed by atoms with Crippen molar-refractivity contribution in [3.05, 3.63) is 24.3 Å². The summed E-state index contributed by atoms with van der Waals surface area (Å²) in [6.07, 6.45) is 97.3. The van der Waals surface area contributed by atoms with Gasteiger partial charge in [-0.15, -0.1) is 0 Å². The molecule has 0 aromatic carbocycles. The number of aliphatic hydroxyl groups is 2. The molecule has 6 heteroatoms. The Hall–Kier alpha value is -1.66. The zero-order valence-electron chi connectivity index (χ0n) is 58.6. The molecule has 86 heavy (non-hydrogen) atoms. The average Bonchev–Trinajstić information content (AvgIpc) is 3.54. The first-order valence-corrected chi connectivity index (χ1v) is 39.6. The van der Waals surface area contributed by atoms with E-state index in [1.54, 1.807) is 6.08 Å². The van der Waals surface area contributed by atoms with Gasteiger partial charge >= 0.3 is 5.97 Å². The van der Waals surface area contributed by atoms with E-state index in [-0.39, 0.29) is 18.5 Å². The van der Waals surface area contributed by atoms with Crippen LogP contribution in [0.15, 0.2) is 24.3 Å². The number of ether oxygens (including phenoxy) is 1. The highest BCUT2D eigenvalue weighted by atomic mass is 16.5. The Morgan fingerprint density at radius 2 is 0.547 bits per heavy atom. The van der Waals surface area contributed by atoms with E-state index in [0.29, 0.717) is 19.4 Å². The maximum atomic E-state index is 12.5. The second-order valence-electron chi connectivity index (χ2n) is 27.4. The van der Waals surface area contributed by atoms with Crippen LogP contribution >= 0.6 is 0 Å². The van der Waals surface area contributed by atoms with Crippen molar-refractivity contribution in [2.45, 2.75) is 463 Å². The molecule has 0 bridgehead atoms. The monoisotopic (exact) mass is 1210 g/mol. The van der Waals surface area contributed by atoms with Gasteiger partial charge in [-0.05, 0) is 57.8 Å². The highest BCUT2D eigenvalue weighted by Crippen LogP contribution is 2.20. The van der Waals surface area contributed by atoms with Crippen molar-refractivity contribution in [2.75, 3.05) is 13.2 Å². The molecule has 0 radical (unpaired) electrons. The molecule has 0 fully saturated rings. The van der Waals surface area contributed by atoms with E-state index < -0.39 is 12.1 Å². The van der Waals surface area contributed by atoms with Gasteiger partial charge in [0.1, 0.15) is 0 Å². The highest BCUT2D eigenvalue weighted by Gasteiger charge is 2.18. The molecule has 0 rings (SSSR count). The third-order valence-electron chi connectivity index (χ3n) is 18.7. The first-order valence-electron chi connectivity index (χ1n) is 39.6. The minimum atomic E-state index is -0.843. The van der Waals surface area contributed by atoms with Gasteiger partial charge in [-0.25, -0.2) is 0 Å². The Bertz CT molecular complexity index is 1350. The summed E-state index contributed by atoms with van der Waals surface area (Å²) in [4.78, 5) is 24.6. The van der Waals surface area contributed by atoms with E-state index >= 15 is 0 Å². The predicted octanol–water partition coefficient (Wildman–Crippen LogP) is 26.0. The summed E-state index contributed by atoms with van der Waals surface area (Å²) in [5, 5.41) is 23.3. The number of hydrogen-bond acceptors (Lipinski definition) is 5. The van der Waals surface area contributed by atoms with Crippen molar-refractivity contribution >= 4 is 11.9 Å². The number of carbonyl (C=O) groups excluding carboxylic acids is 2. The number of rotatable bonds is 75. The topological polar surface area (TPSA) is 95.9 Å². The third kappa shape index (κ3) is 71.4. The summed E-state index contributed by atoms with van der Waals surface area (Å²) >= 11 is 0. The van der Waals surface area contributed by atoms with Gasteiger partial charge in [0.2, 0.25) is 5.91 Å². The van der Waals surface area contributed by atoms with Crippen molar-refractivity contribution in [3.63, 3.8) is 0 Å². The van der Waals surface area contributed by atoms with Gasteiger partial charge in [0, 0.05) is 12.8 Å². The number of nitrogens with one attached hydrogen (secondary N) is 1. The molecule has 0 aromatic rings. The van der Waals surface area contributed by atoms with Gasteiger partial charge in [0.15, 0.2) is 0 Å². The normalized spacial score (nSPS) is 12.6. The van der Waals surface area contributed by atoms with Crippen LogP contribution in [0.25, 0.3) is 0 Å². The van der Waals surface area contributed by atoms with E-state index in [0.717, 1.165) is 44.9 Å². The maximum absolute atomic E-state index is 12.5.